The van der Waals surface area contributed by atoms with Crippen LogP contribution < -0.4 is 4.89 Å². The smallest absolute Gasteiger partial charge is 0.423 e. The lowest BCUT2D eigenvalue weighted by atomic mass is 10.2. The molecule has 0 N–H and O–H groups in total. The maximum atomic E-state index is 13.4. The standard InChI is InChI=1S/C8H12F2IO3P/c1-3-7-6(11)5-8(9,10)15(12,14-7)13-4-2/h5,7H,3-4H2,1-2H3. The first-order valence-electron chi connectivity index (χ1n) is 4.55. The van der Waals surface area contributed by atoms with Crippen LogP contribution in [0.15, 0.2) is 9.66 Å². The summed E-state index contributed by atoms with van der Waals surface area (Å²) >= 11 is 1.77. The van der Waals surface area contributed by atoms with Gasteiger partial charge in [-0.2, -0.15) is 13.3 Å². The Morgan fingerprint density at radius 2 is 2.27 bits per heavy atom. The van der Waals surface area contributed by atoms with Gasteiger partial charge in [0.2, 0.25) is 0 Å². The van der Waals surface area contributed by atoms with Crippen molar-refractivity contribution in [3.63, 3.8) is 0 Å². The Morgan fingerprint density at radius 3 is 2.73 bits per heavy atom. The SMILES string of the molecule is CCO[P+]1([O-])OC(CC)C(I)=CC1(F)F. The quantitative estimate of drug-likeness (QED) is 0.580. The first kappa shape index (κ1) is 13.7. The molecule has 0 saturated heterocycles. The summed E-state index contributed by atoms with van der Waals surface area (Å²) in [6.45, 7) is 3.22. The van der Waals surface area contributed by atoms with Gasteiger partial charge in [0.1, 0.15) is 6.10 Å². The van der Waals surface area contributed by atoms with Crippen LogP contribution in [0.25, 0.3) is 0 Å². The molecular weight excluding hydrogens is 340 g/mol. The molecule has 0 amide bonds. The van der Waals surface area contributed by atoms with Crippen LogP contribution in [0.5, 0.6) is 0 Å². The second kappa shape index (κ2) is 4.87. The van der Waals surface area contributed by atoms with Crippen LogP contribution in [0.1, 0.15) is 20.3 Å². The van der Waals surface area contributed by atoms with Gasteiger partial charge in [0.15, 0.2) is 0 Å². The summed E-state index contributed by atoms with van der Waals surface area (Å²) in [5, 5.41) is 0. The van der Waals surface area contributed by atoms with E-state index in [-0.39, 0.29) is 6.61 Å². The largest absolute Gasteiger partial charge is 0.626 e. The van der Waals surface area contributed by atoms with E-state index in [1.54, 1.807) is 29.5 Å². The highest BCUT2D eigenvalue weighted by atomic mass is 127. The average Bonchev–Trinajstić information content (AvgIpc) is 2.11. The van der Waals surface area contributed by atoms with E-state index in [0.29, 0.717) is 16.1 Å². The van der Waals surface area contributed by atoms with Crippen molar-refractivity contribution < 1.29 is 22.7 Å². The summed E-state index contributed by atoms with van der Waals surface area (Å²) in [6, 6.07) is 0. The Balaban J connectivity index is 3.00. The van der Waals surface area contributed by atoms with Crippen molar-refractivity contribution in [1.82, 2.24) is 0 Å². The third-order valence-electron chi connectivity index (χ3n) is 1.92. The van der Waals surface area contributed by atoms with Gasteiger partial charge in [-0.25, -0.2) is 4.52 Å². The summed E-state index contributed by atoms with van der Waals surface area (Å²) in [6.07, 6.45) is 0.617. The van der Waals surface area contributed by atoms with Crippen LogP contribution in [-0.4, -0.2) is 18.4 Å². The fourth-order valence-electron chi connectivity index (χ4n) is 1.18. The maximum absolute atomic E-state index is 13.4. The Kier molecular flexibility index (Phi) is 4.45. The number of allylic oxidation sites excluding steroid dienone is 1. The monoisotopic (exact) mass is 352 g/mol. The molecule has 1 aliphatic heterocycles. The highest BCUT2D eigenvalue weighted by Gasteiger charge is 2.61. The molecular formula is C8H12F2IO3P. The second-order valence-corrected chi connectivity index (χ2v) is 6.34. The predicted molar refractivity (Wildman–Crippen MR) is 60.8 cm³/mol. The molecule has 2 atom stereocenters. The molecule has 0 aliphatic carbocycles. The lowest BCUT2D eigenvalue weighted by Crippen LogP contribution is -2.38. The van der Waals surface area contributed by atoms with E-state index in [1.807, 2.05) is 0 Å². The van der Waals surface area contributed by atoms with Gasteiger partial charge in [-0.3, -0.25) is 0 Å². The second-order valence-electron chi connectivity index (χ2n) is 3.03. The summed E-state index contributed by atoms with van der Waals surface area (Å²) in [4.78, 5) is 11.8. The molecule has 2 unspecified atom stereocenters. The molecule has 0 saturated carbocycles. The summed E-state index contributed by atoms with van der Waals surface area (Å²) < 4.78 is 36.7. The van der Waals surface area contributed by atoms with Crippen molar-refractivity contribution in [3.8, 4) is 0 Å². The molecule has 1 heterocycles. The van der Waals surface area contributed by atoms with Gasteiger partial charge < -0.3 is 4.89 Å². The molecule has 7 heteroatoms. The average molecular weight is 352 g/mol. The minimum Gasteiger partial charge on any atom is -0.626 e. The lowest BCUT2D eigenvalue weighted by molar-refractivity contribution is -0.242. The van der Waals surface area contributed by atoms with Gasteiger partial charge in [-0.1, -0.05) is 6.92 Å². The van der Waals surface area contributed by atoms with E-state index in [0.717, 1.165) is 0 Å². The van der Waals surface area contributed by atoms with Crippen molar-refractivity contribution in [3.05, 3.63) is 9.66 Å². The highest BCUT2D eigenvalue weighted by Crippen LogP contribution is 2.69. The topological polar surface area (TPSA) is 41.5 Å². The number of hydrogen-bond donors (Lipinski definition) is 0. The molecule has 3 nitrogen and oxygen atoms in total. The maximum Gasteiger partial charge on any atom is 0.423 e. The van der Waals surface area contributed by atoms with Crippen molar-refractivity contribution in [2.24, 2.45) is 0 Å². The van der Waals surface area contributed by atoms with Crippen LogP contribution in [0.3, 0.4) is 0 Å². The Hall–Kier alpha value is 0.640. The third kappa shape index (κ3) is 2.66. The van der Waals surface area contributed by atoms with E-state index >= 15 is 0 Å². The van der Waals surface area contributed by atoms with Crippen LogP contribution in [-0.2, 0) is 9.05 Å². The molecule has 0 bridgehead atoms. The van der Waals surface area contributed by atoms with E-state index in [4.69, 9.17) is 4.52 Å². The Bertz CT molecular complexity index is 275. The molecule has 1 aliphatic rings. The fraction of sp³-hybridized carbons (Fsp3) is 0.750. The van der Waals surface area contributed by atoms with Crippen molar-refractivity contribution in [2.45, 2.75) is 32.0 Å². The predicted octanol–water partition coefficient (Wildman–Crippen LogP) is 2.87. The summed E-state index contributed by atoms with van der Waals surface area (Å²) in [5.41, 5.74) is -3.52. The lowest BCUT2D eigenvalue weighted by Gasteiger charge is -2.37. The van der Waals surface area contributed by atoms with Gasteiger partial charge >= 0.3 is 13.6 Å². The zero-order valence-electron chi connectivity index (χ0n) is 8.37. The van der Waals surface area contributed by atoms with Gasteiger partial charge in [-0.05, 0) is 35.9 Å². The van der Waals surface area contributed by atoms with Gasteiger partial charge in [0, 0.05) is 9.66 Å². The molecule has 0 fully saturated rings. The molecule has 0 aromatic heterocycles. The number of alkyl halides is 2. The van der Waals surface area contributed by atoms with E-state index in [1.165, 1.54) is 6.92 Å². The summed E-state index contributed by atoms with van der Waals surface area (Å²) in [7, 11) is -4.34. The molecule has 0 aromatic rings. The van der Waals surface area contributed by atoms with E-state index in [2.05, 4.69) is 4.52 Å². The minimum atomic E-state index is -4.34. The molecule has 88 valence electrons. The summed E-state index contributed by atoms with van der Waals surface area (Å²) in [5.74, 6) is 0. The van der Waals surface area contributed by atoms with Gasteiger partial charge in [-0.15, -0.1) is 0 Å². The van der Waals surface area contributed by atoms with Crippen LogP contribution in [0, 0.1) is 0 Å². The number of halogens is 3. The van der Waals surface area contributed by atoms with Crippen LogP contribution >= 0.6 is 30.5 Å². The van der Waals surface area contributed by atoms with Crippen molar-refractivity contribution >= 4 is 30.5 Å². The minimum absolute atomic E-state index is 0.0618. The number of hydrogen-bond acceptors (Lipinski definition) is 3. The van der Waals surface area contributed by atoms with Crippen molar-refractivity contribution in [2.75, 3.05) is 6.61 Å². The molecule has 0 aromatic carbocycles. The fourth-order valence-corrected chi connectivity index (χ4v) is 4.20. The van der Waals surface area contributed by atoms with Gasteiger partial charge in [0.25, 0.3) is 0 Å². The molecule has 0 spiro atoms. The Morgan fingerprint density at radius 1 is 1.67 bits per heavy atom. The zero-order valence-corrected chi connectivity index (χ0v) is 11.4. The molecule has 1 rings (SSSR count). The van der Waals surface area contributed by atoms with E-state index < -0.39 is 19.7 Å². The zero-order chi connectivity index (χ0) is 11.7. The first-order chi connectivity index (χ1) is 6.86. The Labute approximate surface area is 102 Å². The molecule has 15 heavy (non-hydrogen) atoms. The third-order valence-corrected chi connectivity index (χ3v) is 4.92. The molecule has 0 radical (unpaired) electrons. The van der Waals surface area contributed by atoms with Crippen LogP contribution in [0.2, 0.25) is 0 Å². The van der Waals surface area contributed by atoms with Crippen LogP contribution in [0.4, 0.5) is 8.78 Å². The van der Waals surface area contributed by atoms with E-state index in [9.17, 15) is 13.7 Å². The number of rotatable bonds is 3. The normalized spacial score (nSPS) is 35.1. The first-order valence-corrected chi connectivity index (χ1v) is 7.17. The highest BCUT2D eigenvalue weighted by molar-refractivity contribution is 14.1. The van der Waals surface area contributed by atoms with Gasteiger partial charge in [0.05, 0.1) is 6.61 Å². The van der Waals surface area contributed by atoms with Crippen molar-refractivity contribution in [1.29, 1.82) is 0 Å².